The fourth-order valence-corrected chi connectivity index (χ4v) is 2.32. The van der Waals surface area contributed by atoms with Crippen LogP contribution in [0.25, 0.3) is 11.1 Å². The van der Waals surface area contributed by atoms with Crippen LogP contribution in [0.4, 0.5) is 0 Å². The number of pyridine rings is 2. The second kappa shape index (κ2) is 7.35. The van der Waals surface area contributed by atoms with E-state index >= 15 is 0 Å². The molecule has 2 aromatic heterocycles. The first kappa shape index (κ1) is 16.3. The van der Waals surface area contributed by atoms with Crippen molar-refractivity contribution in [1.82, 2.24) is 15.3 Å². The van der Waals surface area contributed by atoms with E-state index in [1.165, 1.54) is 18.3 Å². The molecule has 124 valence electrons. The molecule has 0 radical (unpaired) electrons. The molecular weight excluding hydrogens is 318 g/mol. The Morgan fingerprint density at radius 1 is 0.880 bits per heavy atom. The van der Waals surface area contributed by atoms with Crippen LogP contribution in [0.15, 0.2) is 67.3 Å². The van der Waals surface area contributed by atoms with E-state index < -0.39 is 5.97 Å². The van der Waals surface area contributed by atoms with E-state index in [0.29, 0.717) is 12.1 Å². The number of rotatable bonds is 5. The molecule has 0 saturated heterocycles. The van der Waals surface area contributed by atoms with E-state index in [1.807, 2.05) is 12.1 Å². The molecule has 25 heavy (non-hydrogen) atoms. The van der Waals surface area contributed by atoms with E-state index in [1.54, 1.807) is 36.8 Å². The van der Waals surface area contributed by atoms with Gasteiger partial charge in [-0.15, -0.1) is 0 Å². The number of hydrogen-bond donors (Lipinski definition) is 2. The van der Waals surface area contributed by atoms with Crippen molar-refractivity contribution in [3.8, 4) is 11.1 Å². The van der Waals surface area contributed by atoms with Gasteiger partial charge in [0.05, 0.1) is 11.1 Å². The molecule has 6 heteroatoms. The Morgan fingerprint density at radius 2 is 1.60 bits per heavy atom. The lowest BCUT2D eigenvalue weighted by Crippen LogP contribution is -2.23. The number of nitrogens with zero attached hydrogens (tertiary/aromatic N) is 2. The van der Waals surface area contributed by atoms with Crippen LogP contribution < -0.4 is 5.32 Å². The average Bonchev–Trinajstić information content (AvgIpc) is 2.67. The van der Waals surface area contributed by atoms with Crippen LogP contribution in [-0.4, -0.2) is 27.0 Å². The number of carbonyl (C=O) groups is 2. The summed E-state index contributed by atoms with van der Waals surface area (Å²) in [5.41, 5.74) is 3.25. The molecule has 3 rings (SSSR count). The van der Waals surface area contributed by atoms with Gasteiger partial charge in [-0.2, -0.15) is 0 Å². The van der Waals surface area contributed by atoms with Gasteiger partial charge >= 0.3 is 5.97 Å². The average molecular weight is 333 g/mol. The summed E-state index contributed by atoms with van der Waals surface area (Å²) >= 11 is 0. The monoisotopic (exact) mass is 333 g/mol. The first-order valence-corrected chi connectivity index (χ1v) is 7.59. The number of carboxylic acid groups (broad SMARTS) is 1. The Labute approximate surface area is 144 Å². The third-order valence-corrected chi connectivity index (χ3v) is 3.67. The normalized spacial score (nSPS) is 10.2. The summed E-state index contributed by atoms with van der Waals surface area (Å²) in [5.74, 6) is -1.22. The highest BCUT2D eigenvalue weighted by atomic mass is 16.4. The second-order valence-electron chi connectivity index (χ2n) is 5.38. The minimum absolute atomic E-state index is 0.212. The molecule has 0 aliphatic carbocycles. The summed E-state index contributed by atoms with van der Waals surface area (Å²) in [6.07, 6.45) is 6.57. The fraction of sp³-hybridized carbons (Fsp3) is 0.0526. The molecule has 1 amide bonds. The van der Waals surface area contributed by atoms with Crippen molar-refractivity contribution in [3.63, 3.8) is 0 Å². The molecule has 0 aliphatic rings. The molecule has 0 fully saturated rings. The largest absolute Gasteiger partial charge is 0.478 e. The first-order chi connectivity index (χ1) is 12.1. The van der Waals surface area contributed by atoms with E-state index in [4.69, 9.17) is 5.11 Å². The fourth-order valence-electron chi connectivity index (χ4n) is 2.32. The van der Waals surface area contributed by atoms with Crippen LogP contribution in [0.2, 0.25) is 0 Å². The van der Waals surface area contributed by atoms with Crippen molar-refractivity contribution < 1.29 is 14.7 Å². The van der Waals surface area contributed by atoms with Crippen LogP contribution in [0.5, 0.6) is 0 Å². The van der Waals surface area contributed by atoms with Crippen LogP contribution >= 0.6 is 0 Å². The highest BCUT2D eigenvalue weighted by molar-refractivity contribution is 5.95. The zero-order valence-electron chi connectivity index (χ0n) is 13.2. The maximum atomic E-state index is 12.3. The van der Waals surface area contributed by atoms with Crippen molar-refractivity contribution in [2.24, 2.45) is 0 Å². The SMILES string of the molecule is O=C(O)c1ccc(CNC(=O)c2cncc(-c3ccncc3)c2)cc1. The molecule has 2 heterocycles. The van der Waals surface area contributed by atoms with E-state index in [9.17, 15) is 9.59 Å². The van der Waals surface area contributed by atoms with E-state index in [0.717, 1.165) is 16.7 Å². The van der Waals surface area contributed by atoms with Crippen LogP contribution in [0.1, 0.15) is 26.3 Å². The maximum absolute atomic E-state index is 12.3. The maximum Gasteiger partial charge on any atom is 0.335 e. The Morgan fingerprint density at radius 3 is 2.28 bits per heavy atom. The van der Waals surface area contributed by atoms with Gasteiger partial charge in [0.25, 0.3) is 5.91 Å². The summed E-state index contributed by atoms with van der Waals surface area (Å²) in [6, 6.07) is 11.8. The standard InChI is InChI=1S/C19H15N3O3/c23-18(22-10-13-1-3-15(4-2-13)19(24)25)17-9-16(11-21-12-17)14-5-7-20-8-6-14/h1-9,11-12H,10H2,(H,22,23)(H,24,25). The summed E-state index contributed by atoms with van der Waals surface area (Å²) in [7, 11) is 0. The lowest BCUT2D eigenvalue weighted by Gasteiger charge is -2.07. The molecule has 2 N–H and O–H groups in total. The third-order valence-electron chi connectivity index (χ3n) is 3.67. The molecule has 0 bridgehead atoms. The van der Waals surface area contributed by atoms with Crippen molar-refractivity contribution in [3.05, 3.63) is 83.9 Å². The smallest absolute Gasteiger partial charge is 0.335 e. The van der Waals surface area contributed by atoms with Gasteiger partial charge in [-0.05, 0) is 41.5 Å². The number of nitrogens with one attached hydrogen (secondary N) is 1. The predicted molar refractivity (Wildman–Crippen MR) is 92.0 cm³/mol. The number of aromatic carboxylic acids is 1. The summed E-state index contributed by atoms with van der Waals surface area (Å²) < 4.78 is 0. The van der Waals surface area contributed by atoms with Crippen LogP contribution in [-0.2, 0) is 6.54 Å². The molecule has 1 aromatic carbocycles. The summed E-state index contributed by atoms with van der Waals surface area (Å²) in [4.78, 5) is 31.2. The van der Waals surface area contributed by atoms with Gasteiger partial charge in [-0.3, -0.25) is 14.8 Å². The lowest BCUT2D eigenvalue weighted by molar-refractivity contribution is 0.0696. The molecular formula is C19H15N3O3. The molecule has 6 nitrogen and oxygen atoms in total. The molecule has 3 aromatic rings. The number of aromatic nitrogens is 2. The number of benzene rings is 1. The van der Waals surface area contributed by atoms with Crippen molar-refractivity contribution >= 4 is 11.9 Å². The third kappa shape index (κ3) is 4.06. The van der Waals surface area contributed by atoms with Gasteiger partial charge in [0, 0.05) is 36.9 Å². The number of carboxylic acids is 1. The Hall–Kier alpha value is -3.54. The number of carbonyl (C=O) groups excluding carboxylic acids is 1. The Kier molecular flexibility index (Phi) is 4.80. The summed E-state index contributed by atoms with van der Waals surface area (Å²) in [6.45, 7) is 0.304. The van der Waals surface area contributed by atoms with Gasteiger partial charge in [0.15, 0.2) is 0 Å². The van der Waals surface area contributed by atoms with Crippen molar-refractivity contribution in [1.29, 1.82) is 0 Å². The Balaban J connectivity index is 1.68. The van der Waals surface area contributed by atoms with E-state index in [2.05, 4.69) is 15.3 Å². The van der Waals surface area contributed by atoms with Crippen molar-refractivity contribution in [2.45, 2.75) is 6.54 Å². The van der Waals surface area contributed by atoms with Crippen molar-refractivity contribution in [2.75, 3.05) is 0 Å². The topological polar surface area (TPSA) is 92.2 Å². The second-order valence-corrected chi connectivity index (χ2v) is 5.38. The minimum Gasteiger partial charge on any atom is -0.478 e. The quantitative estimate of drug-likeness (QED) is 0.749. The Bertz CT molecular complexity index is 893. The van der Waals surface area contributed by atoms with E-state index in [-0.39, 0.29) is 11.5 Å². The molecule has 0 saturated carbocycles. The first-order valence-electron chi connectivity index (χ1n) is 7.59. The van der Waals surface area contributed by atoms with Gasteiger partial charge in [0.1, 0.15) is 0 Å². The van der Waals surface area contributed by atoms with Gasteiger partial charge in [-0.1, -0.05) is 12.1 Å². The molecule has 0 atom stereocenters. The van der Waals surface area contributed by atoms with Crippen LogP contribution in [0.3, 0.4) is 0 Å². The van der Waals surface area contributed by atoms with Gasteiger partial charge in [0.2, 0.25) is 0 Å². The summed E-state index contributed by atoms with van der Waals surface area (Å²) in [5, 5.41) is 11.7. The molecule has 0 unspecified atom stereocenters. The predicted octanol–water partition coefficient (Wildman–Crippen LogP) is 2.77. The van der Waals surface area contributed by atoms with Crippen LogP contribution in [0, 0.1) is 0 Å². The molecule has 0 aliphatic heterocycles. The highest BCUT2D eigenvalue weighted by Crippen LogP contribution is 2.18. The zero-order chi connectivity index (χ0) is 17.6. The number of hydrogen-bond acceptors (Lipinski definition) is 4. The van der Waals surface area contributed by atoms with Gasteiger partial charge < -0.3 is 10.4 Å². The lowest BCUT2D eigenvalue weighted by atomic mass is 10.1. The zero-order valence-corrected chi connectivity index (χ0v) is 13.2. The minimum atomic E-state index is -0.977. The molecule has 0 spiro atoms. The highest BCUT2D eigenvalue weighted by Gasteiger charge is 2.08. The number of amides is 1. The van der Waals surface area contributed by atoms with Gasteiger partial charge in [-0.25, -0.2) is 4.79 Å².